The van der Waals surface area contributed by atoms with Gasteiger partial charge in [0.05, 0.1) is 6.42 Å². The predicted molar refractivity (Wildman–Crippen MR) is 131 cm³/mol. The van der Waals surface area contributed by atoms with Gasteiger partial charge in [0.1, 0.15) is 23.8 Å². The van der Waals surface area contributed by atoms with Crippen molar-refractivity contribution in [3.63, 3.8) is 0 Å². The molecule has 8 heteroatoms. The first-order valence-electron chi connectivity index (χ1n) is 11.6. The van der Waals surface area contributed by atoms with Crippen LogP contribution in [0.25, 0.3) is 0 Å². The lowest BCUT2D eigenvalue weighted by molar-refractivity contribution is -0.136. The number of benzene rings is 2. The lowest BCUT2D eigenvalue weighted by Gasteiger charge is -2.43. The maximum Gasteiger partial charge on any atom is 0.307 e. The number of aliphatic hydroxyl groups is 1. The standard InChI is InChI=1S/C26H34ClFN2O4/c1-17-13-30(14-19-4-7-21(27)8-5-19)18(2)10-23(17)29-15-26(3,33)16-34-24-12-22(28)9-6-20(24)11-25(31)32/h4-9,12,17-18,23,29,33H,10-11,13-16H2,1-3H3,(H,31,32)/t17-,18+,23?,26-/m0/s1. The number of likely N-dealkylation sites (tertiary alicyclic amines) is 1. The normalized spacial score (nSPS) is 22.8. The minimum atomic E-state index is -1.21. The van der Waals surface area contributed by atoms with Gasteiger partial charge in [-0.3, -0.25) is 9.69 Å². The quantitative estimate of drug-likeness (QED) is 0.463. The zero-order valence-electron chi connectivity index (χ0n) is 19.9. The molecule has 1 fully saturated rings. The third kappa shape index (κ3) is 7.67. The number of halogens is 2. The van der Waals surface area contributed by atoms with E-state index in [4.69, 9.17) is 21.4 Å². The molecule has 0 radical (unpaired) electrons. The van der Waals surface area contributed by atoms with Crippen molar-refractivity contribution in [3.05, 3.63) is 64.4 Å². The summed E-state index contributed by atoms with van der Waals surface area (Å²) in [6, 6.07) is 12.3. The predicted octanol–water partition coefficient (Wildman–Crippen LogP) is 4.12. The summed E-state index contributed by atoms with van der Waals surface area (Å²) in [5, 5.41) is 24.1. The Bertz CT molecular complexity index is 970. The SMILES string of the molecule is C[C@@H]1CC(NC[C@](C)(O)COc2cc(F)ccc2CC(=O)O)[C@@H](C)CN1Cc1ccc(Cl)cc1. The Morgan fingerprint density at radius 1 is 1.26 bits per heavy atom. The molecule has 34 heavy (non-hydrogen) atoms. The van der Waals surface area contributed by atoms with E-state index in [1.165, 1.54) is 17.7 Å². The number of carbonyl (C=O) groups is 1. The number of ether oxygens (including phenoxy) is 1. The van der Waals surface area contributed by atoms with Gasteiger partial charge in [0.15, 0.2) is 0 Å². The van der Waals surface area contributed by atoms with Crippen LogP contribution in [0, 0.1) is 11.7 Å². The van der Waals surface area contributed by atoms with Crippen LogP contribution < -0.4 is 10.1 Å². The van der Waals surface area contributed by atoms with Crippen molar-refractivity contribution in [2.75, 3.05) is 19.7 Å². The molecule has 1 unspecified atom stereocenters. The largest absolute Gasteiger partial charge is 0.490 e. The summed E-state index contributed by atoms with van der Waals surface area (Å²) in [7, 11) is 0. The van der Waals surface area contributed by atoms with E-state index in [0.717, 1.165) is 30.6 Å². The topological polar surface area (TPSA) is 82.0 Å². The van der Waals surface area contributed by atoms with Gasteiger partial charge in [-0.25, -0.2) is 4.39 Å². The van der Waals surface area contributed by atoms with Crippen molar-refractivity contribution in [2.45, 2.75) is 57.8 Å². The first kappa shape index (κ1) is 26.4. The first-order valence-corrected chi connectivity index (χ1v) is 12.0. The number of rotatable bonds is 10. The summed E-state index contributed by atoms with van der Waals surface area (Å²) in [5.41, 5.74) is 0.388. The maximum absolute atomic E-state index is 13.6. The van der Waals surface area contributed by atoms with Crippen molar-refractivity contribution in [3.8, 4) is 5.75 Å². The molecule has 3 rings (SSSR count). The monoisotopic (exact) mass is 492 g/mol. The molecule has 3 N–H and O–H groups in total. The van der Waals surface area contributed by atoms with Gasteiger partial charge in [-0.2, -0.15) is 0 Å². The molecule has 2 aromatic rings. The Morgan fingerprint density at radius 2 is 1.97 bits per heavy atom. The van der Waals surface area contributed by atoms with Crippen molar-refractivity contribution < 1.29 is 24.1 Å². The smallest absolute Gasteiger partial charge is 0.307 e. The molecule has 0 aliphatic carbocycles. The third-order valence-corrected chi connectivity index (χ3v) is 6.63. The van der Waals surface area contributed by atoms with Crippen LogP contribution in [0.2, 0.25) is 5.02 Å². The van der Waals surface area contributed by atoms with E-state index in [2.05, 4.69) is 36.2 Å². The fraction of sp³-hybridized carbons (Fsp3) is 0.500. The average Bonchev–Trinajstić information content (AvgIpc) is 2.76. The first-order chi connectivity index (χ1) is 16.0. The second-order valence-corrected chi connectivity index (χ2v) is 10.1. The van der Waals surface area contributed by atoms with Gasteiger partial charge in [0, 0.05) is 48.4 Å². The van der Waals surface area contributed by atoms with Crippen LogP contribution in [-0.2, 0) is 17.8 Å². The maximum atomic E-state index is 13.6. The van der Waals surface area contributed by atoms with E-state index in [9.17, 15) is 14.3 Å². The van der Waals surface area contributed by atoms with Gasteiger partial charge >= 0.3 is 5.97 Å². The number of carboxylic acid groups (broad SMARTS) is 1. The van der Waals surface area contributed by atoms with E-state index >= 15 is 0 Å². The van der Waals surface area contributed by atoms with Gasteiger partial charge in [0.25, 0.3) is 0 Å². The molecule has 4 atom stereocenters. The fourth-order valence-electron chi connectivity index (χ4n) is 4.36. The molecular formula is C26H34ClFN2O4. The molecule has 0 spiro atoms. The Kier molecular flexibility index (Phi) is 8.93. The van der Waals surface area contributed by atoms with E-state index in [1.807, 2.05) is 12.1 Å². The van der Waals surface area contributed by atoms with Crippen molar-refractivity contribution in [1.82, 2.24) is 10.2 Å². The van der Waals surface area contributed by atoms with Crippen molar-refractivity contribution in [2.24, 2.45) is 5.92 Å². The van der Waals surface area contributed by atoms with E-state index in [-0.39, 0.29) is 24.8 Å². The van der Waals surface area contributed by atoms with Gasteiger partial charge in [-0.1, -0.05) is 36.7 Å². The Balaban J connectivity index is 1.52. The second-order valence-electron chi connectivity index (χ2n) is 9.71. The van der Waals surface area contributed by atoms with Crippen LogP contribution in [0.15, 0.2) is 42.5 Å². The summed E-state index contributed by atoms with van der Waals surface area (Å²) in [4.78, 5) is 13.5. The molecule has 0 bridgehead atoms. The summed E-state index contributed by atoms with van der Waals surface area (Å²) < 4.78 is 19.3. The summed E-state index contributed by atoms with van der Waals surface area (Å²) in [5.74, 6) is -1.03. The zero-order valence-corrected chi connectivity index (χ0v) is 20.7. The van der Waals surface area contributed by atoms with Gasteiger partial charge in [-0.15, -0.1) is 0 Å². The van der Waals surface area contributed by atoms with Gasteiger partial charge in [0.2, 0.25) is 0 Å². The molecule has 1 aliphatic heterocycles. The summed E-state index contributed by atoms with van der Waals surface area (Å²) >= 11 is 6.00. The molecule has 0 aromatic heterocycles. The van der Waals surface area contributed by atoms with E-state index in [0.29, 0.717) is 24.1 Å². The average molecular weight is 493 g/mol. The molecule has 0 amide bonds. The highest BCUT2D eigenvalue weighted by Gasteiger charge is 2.32. The lowest BCUT2D eigenvalue weighted by atomic mass is 9.88. The lowest BCUT2D eigenvalue weighted by Crippen LogP contribution is -2.55. The van der Waals surface area contributed by atoms with Crippen LogP contribution >= 0.6 is 11.6 Å². The zero-order chi connectivity index (χ0) is 24.9. The van der Waals surface area contributed by atoms with Crippen molar-refractivity contribution in [1.29, 1.82) is 0 Å². The van der Waals surface area contributed by atoms with E-state index < -0.39 is 17.4 Å². The molecule has 6 nitrogen and oxygen atoms in total. The number of nitrogens with zero attached hydrogens (tertiary/aromatic N) is 1. The minimum absolute atomic E-state index is 0.0879. The number of piperidine rings is 1. The minimum Gasteiger partial charge on any atom is -0.490 e. The third-order valence-electron chi connectivity index (χ3n) is 6.38. The Hall–Kier alpha value is -2.19. The molecule has 1 heterocycles. The number of carboxylic acids is 1. The van der Waals surface area contributed by atoms with E-state index in [1.54, 1.807) is 6.92 Å². The number of hydrogen-bond donors (Lipinski definition) is 3. The van der Waals surface area contributed by atoms with Crippen LogP contribution in [-0.4, -0.2) is 58.5 Å². The highest BCUT2D eigenvalue weighted by atomic mass is 35.5. The molecule has 186 valence electrons. The van der Waals surface area contributed by atoms with Crippen LogP contribution in [0.1, 0.15) is 38.3 Å². The molecular weight excluding hydrogens is 459 g/mol. The van der Waals surface area contributed by atoms with Crippen LogP contribution in [0.4, 0.5) is 4.39 Å². The highest BCUT2D eigenvalue weighted by molar-refractivity contribution is 6.30. The van der Waals surface area contributed by atoms with Crippen LogP contribution in [0.3, 0.4) is 0 Å². The summed E-state index contributed by atoms with van der Waals surface area (Å²) in [6.45, 7) is 8.08. The van der Waals surface area contributed by atoms with Crippen LogP contribution in [0.5, 0.6) is 5.75 Å². The molecule has 0 saturated carbocycles. The Morgan fingerprint density at radius 3 is 2.65 bits per heavy atom. The number of nitrogens with one attached hydrogen (secondary N) is 1. The van der Waals surface area contributed by atoms with Crippen molar-refractivity contribution >= 4 is 17.6 Å². The number of hydrogen-bond acceptors (Lipinski definition) is 5. The van der Waals surface area contributed by atoms with Gasteiger partial charge in [-0.05, 0) is 49.9 Å². The Labute approximate surface area is 205 Å². The molecule has 2 aromatic carbocycles. The van der Waals surface area contributed by atoms with Gasteiger partial charge < -0.3 is 20.3 Å². The summed E-state index contributed by atoms with van der Waals surface area (Å²) in [6.07, 6.45) is 0.665. The molecule has 1 aliphatic rings. The molecule has 1 saturated heterocycles. The highest BCUT2D eigenvalue weighted by Crippen LogP contribution is 2.26. The number of aliphatic carboxylic acids is 1. The fourth-order valence-corrected chi connectivity index (χ4v) is 4.49. The second kappa shape index (κ2) is 11.5.